The summed E-state index contributed by atoms with van der Waals surface area (Å²) in [6, 6.07) is 16.0. The lowest BCUT2D eigenvalue weighted by atomic mass is 10.1. The molecule has 0 saturated carbocycles. The van der Waals surface area contributed by atoms with Gasteiger partial charge in [-0.1, -0.05) is 18.2 Å². The van der Waals surface area contributed by atoms with Gasteiger partial charge in [-0.3, -0.25) is 0 Å². The summed E-state index contributed by atoms with van der Waals surface area (Å²) in [4.78, 5) is 5.83. The first-order valence-corrected chi connectivity index (χ1v) is 10.3. The first-order valence-electron chi connectivity index (χ1n) is 9.40. The van der Waals surface area contributed by atoms with Gasteiger partial charge < -0.3 is 18.8 Å². The van der Waals surface area contributed by atoms with Gasteiger partial charge in [-0.15, -0.1) is 11.3 Å². The zero-order valence-corrected chi connectivity index (χ0v) is 16.9. The van der Waals surface area contributed by atoms with Crippen molar-refractivity contribution in [2.75, 3.05) is 20.8 Å². The van der Waals surface area contributed by atoms with Crippen LogP contribution in [0.1, 0.15) is 12.8 Å². The molecule has 2 aromatic carbocycles. The molecule has 1 aliphatic heterocycles. The van der Waals surface area contributed by atoms with Crippen molar-refractivity contribution in [2.45, 2.75) is 25.5 Å². The summed E-state index contributed by atoms with van der Waals surface area (Å²) in [5.41, 5.74) is 3.04. The maximum Gasteiger partial charge on any atom is 0.190 e. The second-order valence-electron chi connectivity index (χ2n) is 6.66. The van der Waals surface area contributed by atoms with Crippen molar-refractivity contribution < 1.29 is 14.2 Å². The van der Waals surface area contributed by atoms with Crippen LogP contribution in [-0.4, -0.2) is 31.5 Å². The molecule has 1 aliphatic rings. The largest absolute Gasteiger partial charge is 0.497 e. The Morgan fingerprint density at radius 1 is 1.14 bits per heavy atom. The second-order valence-corrected chi connectivity index (χ2v) is 7.50. The van der Waals surface area contributed by atoms with Crippen molar-refractivity contribution in [3.63, 3.8) is 0 Å². The van der Waals surface area contributed by atoms with Crippen LogP contribution in [0.2, 0.25) is 0 Å². The van der Waals surface area contributed by atoms with E-state index in [0.29, 0.717) is 0 Å². The molecule has 2 heterocycles. The Hall–Kier alpha value is -2.57. The van der Waals surface area contributed by atoms with E-state index >= 15 is 0 Å². The average Bonchev–Trinajstić information content (AvgIpc) is 3.39. The number of nitrogens with zero attached hydrogens (tertiary/aromatic N) is 2. The summed E-state index contributed by atoms with van der Waals surface area (Å²) in [6.07, 6.45) is 2.40. The molecule has 1 atom stereocenters. The summed E-state index contributed by atoms with van der Waals surface area (Å²) >= 11 is 1.63. The number of methoxy groups -OCH3 is 2. The Kier molecular flexibility index (Phi) is 5.78. The van der Waals surface area contributed by atoms with Crippen molar-refractivity contribution in [1.82, 2.24) is 4.57 Å². The molecule has 0 amide bonds. The maximum absolute atomic E-state index is 5.91. The summed E-state index contributed by atoms with van der Waals surface area (Å²) in [5, 5.41) is 2.14. The average molecular weight is 397 g/mol. The van der Waals surface area contributed by atoms with Crippen LogP contribution in [0.4, 0.5) is 5.69 Å². The molecule has 0 radical (unpaired) electrons. The van der Waals surface area contributed by atoms with Crippen molar-refractivity contribution in [3.8, 4) is 22.8 Å². The zero-order chi connectivity index (χ0) is 19.3. The molecule has 1 fully saturated rings. The first-order chi connectivity index (χ1) is 13.8. The predicted molar refractivity (Wildman–Crippen MR) is 111 cm³/mol. The van der Waals surface area contributed by atoms with E-state index in [0.717, 1.165) is 59.2 Å². The van der Waals surface area contributed by atoms with E-state index in [-0.39, 0.29) is 6.10 Å². The number of para-hydroxylation sites is 1. The van der Waals surface area contributed by atoms with E-state index in [9.17, 15) is 0 Å². The normalized spacial score (nSPS) is 17.1. The lowest BCUT2D eigenvalue weighted by molar-refractivity contribution is 0.0968. The lowest BCUT2D eigenvalue weighted by Gasteiger charge is -2.16. The summed E-state index contributed by atoms with van der Waals surface area (Å²) in [7, 11) is 3.35. The Morgan fingerprint density at radius 3 is 2.71 bits per heavy atom. The van der Waals surface area contributed by atoms with E-state index in [1.165, 1.54) is 0 Å². The standard InChI is InChI=1S/C22H24N2O3S/c1-25-17-10-11-19(21(13-17)26-2)20-15-28-22(23-16-7-4-3-5-8-16)24(20)14-18-9-6-12-27-18/h3-5,7-8,10-11,13,15,18H,6,9,12,14H2,1-2H3. The molecule has 0 bridgehead atoms. The molecule has 28 heavy (non-hydrogen) atoms. The van der Waals surface area contributed by atoms with Gasteiger partial charge in [-0.2, -0.15) is 0 Å². The van der Waals surface area contributed by atoms with Crippen molar-refractivity contribution in [2.24, 2.45) is 4.99 Å². The van der Waals surface area contributed by atoms with Crippen molar-refractivity contribution in [1.29, 1.82) is 0 Å². The molecule has 0 N–H and O–H groups in total. The lowest BCUT2D eigenvalue weighted by Crippen LogP contribution is -2.24. The SMILES string of the molecule is COc1ccc(-c2csc(=Nc3ccccc3)n2CC2CCCO2)c(OC)c1. The maximum atomic E-state index is 5.91. The third-order valence-corrected chi connectivity index (χ3v) is 5.74. The highest BCUT2D eigenvalue weighted by molar-refractivity contribution is 7.07. The fourth-order valence-corrected chi connectivity index (χ4v) is 4.36. The van der Waals surface area contributed by atoms with Gasteiger partial charge in [0.1, 0.15) is 11.5 Å². The van der Waals surface area contributed by atoms with E-state index in [1.807, 2.05) is 48.5 Å². The van der Waals surface area contributed by atoms with Crippen LogP contribution in [0.25, 0.3) is 11.3 Å². The Bertz CT molecular complexity index is 989. The van der Waals surface area contributed by atoms with Crippen LogP contribution in [0.5, 0.6) is 11.5 Å². The van der Waals surface area contributed by atoms with E-state index < -0.39 is 0 Å². The quantitative estimate of drug-likeness (QED) is 0.609. The Balaban J connectivity index is 1.82. The van der Waals surface area contributed by atoms with Crippen LogP contribution in [0.15, 0.2) is 58.9 Å². The molecular weight excluding hydrogens is 372 g/mol. The molecule has 0 spiro atoms. The second kappa shape index (κ2) is 8.63. The van der Waals surface area contributed by atoms with Crippen LogP contribution < -0.4 is 14.3 Å². The van der Waals surface area contributed by atoms with Gasteiger partial charge >= 0.3 is 0 Å². The Morgan fingerprint density at radius 2 is 2.00 bits per heavy atom. The highest BCUT2D eigenvalue weighted by Gasteiger charge is 2.20. The smallest absolute Gasteiger partial charge is 0.190 e. The van der Waals surface area contributed by atoms with Crippen molar-refractivity contribution >= 4 is 17.0 Å². The number of benzene rings is 2. The van der Waals surface area contributed by atoms with Crippen LogP contribution >= 0.6 is 11.3 Å². The topological polar surface area (TPSA) is 45.0 Å². The number of hydrogen-bond donors (Lipinski definition) is 0. The molecule has 6 heteroatoms. The van der Waals surface area contributed by atoms with Crippen LogP contribution in [-0.2, 0) is 11.3 Å². The minimum Gasteiger partial charge on any atom is -0.497 e. The molecule has 1 unspecified atom stereocenters. The molecule has 1 saturated heterocycles. The number of hydrogen-bond acceptors (Lipinski definition) is 5. The third-order valence-electron chi connectivity index (χ3n) is 4.87. The summed E-state index contributed by atoms with van der Waals surface area (Å²) < 4.78 is 19.1. The fraction of sp³-hybridized carbons (Fsp3) is 0.318. The molecule has 0 aliphatic carbocycles. The summed E-state index contributed by atoms with van der Waals surface area (Å²) in [5.74, 6) is 1.56. The molecule has 146 valence electrons. The van der Waals surface area contributed by atoms with Gasteiger partial charge in [0.25, 0.3) is 0 Å². The summed E-state index contributed by atoms with van der Waals surface area (Å²) in [6.45, 7) is 1.61. The molecule has 4 rings (SSSR count). The molecule has 1 aromatic heterocycles. The van der Waals surface area contributed by atoms with Crippen LogP contribution in [0, 0.1) is 0 Å². The fourth-order valence-electron chi connectivity index (χ4n) is 3.43. The highest BCUT2D eigenvalue weighted by Crippen LogP contribution is 2.34. The van der Waals surface area contributed by atoms with Gasteiger partial charge in [0, 0.05) is 23.6 Å². The predicted octanol–water partition coefficient (Wildman–Crippen LogP) is 4.65. The highest BCUT2D eigenvalue weighted by atomic mass is 32.1. The number of rotatable bonds is 6. The molecular formula is C22H24N2O3S. The zero-order valence-electron chi connectivity index (χ0n) is 16.1. The molecule has 3 aromatic rings. The minimum atomic E-state index is 0.215. The van der Waals surface area contributed by atoms with Crippen molar-refractivity contribution in [3.05, 3.63) is 58.7 Å². The van der Waals surface area contributed by atoms with E-state index in [1.54, 1.807) is 25.6 Å². The number of ether oxygens (including phenoxy) is 3. The van der Waals surface area contributed by atoms with Crippen LogP contribution in [0.3, 0.4) is 0 Å². The van der Waals surface area contributed by atoms with Gasteiger partial charge in [0.2, 0.25) is 0 Å². The van der Waals surface area contributed by atoms with E-state index in [4.69, 9.17) is 19.2 Å². The first kappa shape index (κ1) is 18.8. The number of aromatic nitrogens is 1. The third kappa shape index (κ3) is 3.98. The molecule has 5 nitrogen and oxygen atoms in total. The van der Waals surface area contributed by atoms with E-state index in [2.05, 4.69) is 9.95 Å². The van der Waals surface area contributed by atoms with Gasteiger partial charge in [0.15, 0.2) is 4.80 Å². The number of thiazole rings is 1. The monoisotopic (exact) mass is 396 g/mol. The van der Waals surface area contributed by atoms with Gasteiger partial charge in [0.05, 0.1) is 38.2 Å². The Labute approximate surface area is 168 Å². The minimum absolute atomic E-state index is 0.215. The van der Waals surface area contributed by atoms with Gasteiger partial charge in [-0.05, 0) is 37.1 Å². The van der Waals surface area contributed by atoms with Gasteiger partial charge in [-0.25, -0.2) is 4.99 Å².